The molecule has 0 amide bonds. The lowest BCUT2D eigenvalue weighted by molar-refractivity contribution is 0.218. The zero-order valence-electron chi connectivity index (χ0n) is 10.3. The highest BCUT2D eigenvalue weighted by Gasteiger charge is 2.16. The van der Waals surface area contributed by atoms with E-state index in [1.54, 1.807) is 12.1 Å². The third-order valence-electron chi connectivity index (χ3n) is 3.03. The fraction of sp³-hybridized carbons (Fsp3) is 0.200. The van der Waals surface area contributed by atoms with Crippen LogP contribution in [0.2, 0.25) is 0 Å². The van der Waals surface area contributed by atoms with Crippen molar-refractivity contribution in [3.8, 4) is 0 Å². The Morgan fingerprint density at radius 1 is 0.947 bits per heavy atom. The normalized spacial score (nSPS) is 12.5. The van der Waals surface area contributed by atoms with Crippen LogP contribution >= 0.6 is 0 Å². The first-order chi connectivity index (χ1) is 9.02. The largest absolute Gasteiger partial charge is 0.384 e. The quantitative estimate of drug-likeness (QED) is 0.839. The van der Waals surface area contributed by atoms with Gasteiger partial charge in [0.2, 0.25) is 0 Å². The number of rotatable bonds is 3. The van der Waals surface area contributed by atoms with E-state index in [-0.39, 0.29) is 5.56 Å². The SMILES string of the molecule is CCc1ccc(C(O)c2cc(F)c(F)c(F)c2)cc1. The lowest BCUT2D eigenvalue weighted by Crippen LogP contribution is -2.03. The third kappa shape index (κ3) is 2.79. The van der Waals surface area contributed by atoms with Crippen LogP contribution in [0, 0.1) is 17.5 Å². The minimum absolute atomic E-state index is 0.0133. The van der Waals surface area contributed by atoms with Crippen LogP contribution in [0.25, 0.3) is 0 Å². The molecule has 0 heterocycles. The average Bonchev–Trinajstić information content (AvgIpc) is 2.43. The Balaban J connectivity index is 2.35. The molecule has 0 aliphatic rings. The second-order valence-electron chi connectivity index (χ2n) is 4.30. The molecular formula is C15H13F3O. The Bertz CT molecular complexity index is 555. The number of hydrogen-bond donors (Lipinski definition) is 1. The number of halogens is 3. The Labute approximate surface area is 109 Å². The van der Waals surface area contributed by atoms with Gasteiger partial charge < -0.3 is 5.11 Å². The van der Waals surface area contributed by atoms with Crippen LogP contribution in [0.3, 0.4) is 0 Å². The van der Waals surface area contributed by atoms with Crippen molar-refractivity contribution in [1.29, 1.82) is 0 Å². The minimum atomic E-state index is -1.53. The molecule has 0 aliphatic carbocycles. The summed E-state index contributed by atoms with van der Waals surface area (Å²) < 4.78 is 39.1. The predicted molar refractivity (Wildman–Crippen MR) is 66.2 cm³/mol. The van der Waals surface area contributed by atoms with Crippen molar-refractivity contribution in [2.45, 2.75) is 19.4 Å². The van der Waals surface area contributed by atoms with Crippen LogP contribution in [0.1, 0.15) is 29.7 Å². The molecule has 0 bridgehead atoms. The summed E-state index contributed by atoms with van der Waals surface area (Å²) in [6.07, 6.45) is -0.327. The van der Waals surface area contributed by atoms with Gasteiger partial charge >= 0.3 is 0 Å². The molecule has 1 atom stereocenters. The topological polar surface area (TPSA) is 20.2 Å². The third-order valence-corrected chi connectivity index (χ3v) is 3.03. The summed E-state index contributed by atoms with van der Waals surface area (Å²) in [4.78, 5) is 0. The van der Waals surface area contributed by atoms with Gasteiger partial charge in [-0.25, -0.2) is 13.2 Å². The summed E-state index contributed by atoms with van der Waals surface area (Å²) in [6.45, 7) is 2.00. The summed E-state index contributed by atoms with van der Waals surface area (Å²) in [5, 5.41) is 10.0. The van der Waals surface area contributed by atoms with E-state index >= 15 is 0 Å². The fourth-order valence-electron chi connectivity index (χ4n) is 1.86. The van der Waals surface area contributed by atoms with Crippen LogP contribution in [-0.4, -0.2) is 5.11 Å². The Hall–Kier alpha value is -1.81. The number of aliphatic hydroxyl groups excluding tert-OH is 1. The molecule has 0 radical (unpaired) electrons. The van der Waals surface area contributed by atoms with Crippen molar-refractivity contribution >= 4 is 0 Å². The first-order valence-electron chi connectivity index (χ1n) is 5.94. The van der Waals surface area contributed by atoms with Gasteiger partial charge in [0.05, 0.1) is 0 Å². The van der Waals surface area contributed by atoms with Crippen LogP contribution in [-0.2, 0) is 6.42 Å². The predicted octanol–water partition coefficient (Wildman–Crippen LogP) is 3.75. The zero-order chi connectivity index (χ0) is 14.0. The highest BCUT2D eigenvalue weighted by atomic mass is 19.2. The molecule has 2 aromatic rings. The van der Waals surface area contributed by atoms with E-state index in [2.05, 4.69) is 0 Å². The standard InChI is InChI=1S/C15H13F3O/c1-2-9-3-5-10(6-4-9)15(19)11-7-12(16)14(18)13(17)8-11/h3-8,15,19H,2H2,1H3. The number of hydrogen-bond acceptors (Lipinski definition) is 1. The Morgan fingerprint density at radius 3 is 1.95 bits per heavy atom. The van der Waals surface area contributed by atoms with Crippen LogP contribution in [0.4, 0.5) is 13.2 Å². The van der Waals surface area contributed by atoms with Crippen molar-refractivity contribution in [2.24, 2.45) is 0 Å². The van der Waals surface area contributed by atoms with Crippen molar-refractivity contribution in [1.82, 2.24) is 0 Å². The van der Waals surface area contributed by atoms with Crippen molar-refractivity contribution in [3.05, 3.63) is 70.5 Å². The maximum Gasteiger partial charge on any atom is 0.194 e. The maximum absolute atomic E-state index is 13.1. The summed E-state index contributed by atoms with van der Waals surface area (Å²) >= 11 is 0. The van der Waals surface area contributed by atoms with Gasteiger partial charge in [0, 0.05) is 0 Å². The second kappa shape index (κ2) is 5.45. The first-order valence-corrected chi connectivity index (χ1v) is 5.94. The van der Waals surface area contributed by atoms with Crippen LogP contribution in [0.15, 0.2) is 36.4 Å². The van der Waals surface area contributed by atoms with E-state index in [1.165, 1.54) is 0 Å². The maximum atomic E-state index is 13.1. The van der Waals surface area contributed by atoms with Gasteiger partial charge in [0.1, 0.15) is 6.10 Å². The molecule has 0 spiro atoms. The minimum Gasteiger partial charge on any atom is -0.384 e. The van der Waals surface area contributed by atoms with Gasteiger partial charge in [-0.05, 0) is 35.2 Å². The highest BCUT2D eigenvalue weighted by Crippen LogP contribution is 2.25. The smallest absolute Gasteiger partial charge is 0.194 e. The molecule has 19 heavy (non-hydrogen) atoms. The first kappa shape index (κ1) is 13.6. The number of aryl methyl sites for hydroxylation is 1. The molecule has 2 aromatic carbocycles. The molecule has 100 valence electrons. The molecule has 1 nitrogen and oxygen atoms in total. The van der Waals surface area contributed by atoms with Gasteiger partial charge in [0.25, 0.3) is 0 Å². The molecule has 0 saturated heterocycles. The van der Waals surface area contributed by atoms with E-state index < -0.39 is 23.6 Å². The Morgan fingerprint density at radius 2 is 1.47 bits per heavy atom. The summed E-state index contributed by atoms with van der Waals surface area (Å²) in [5.74, 6) is -4.14. The summed E-state index contributed by atoms with van der Waals surface area (Å²) in [5.41, 5.74) is 1.58. The summed E-state index contributed by atoms with van der Waals surface area (Å²) in [7, 11) is 0. The lowest BCUT2D eigenvalue weighted by Gasteiger charge is -2.12. The number of aliphatic hydroxyl groups is 1. The van der Waals surface area contributed by atoms with Crippen LogP contribution < -0.4 is 0 Å². The highest BCUT2D eigenvalue weighted by molar-refractivity contribution is 5.32. The molecule has 2 rings (SSSR count). The van der Waals surface area contributed by atoms with Crippen molar-refractivity contribution in [2.75, 3.05) is 0 Å². The molecular weight excluding hydrogens is 253 g/mol. The van der Waals surface area contributed by atoms with E-state index in [0.717, 1.165) is 24.1 Å². The van der Waals surface area contributed by atoms with Gasteiger partial charge in [-0.3, -0.25) is 0 Å². The van der Waals surface area contributed by atoms with Crippen molar-refractivity contribution in [3.63, 3.8) is 0 Å². The molecule has 1 unspecified atom stereocenters. The zero-order valence-corrected chi connectivity index (χ0v) is 10.3. The fourth-order valence-corrected chi connectivity index (χ4v) is 1.86. The average molecular weight is 266 g/mol. The lowest BCUT2D eigenvalue weighted by atomic mass is 9.99. The van der Waals surface area contributed by atoms with Gasteiger partial charge in [-0.15, -0.1) is 0 Å². The monoisotopic (exact) mass is 266 g/mol. The molecule has 0 saturated carbocycles. The number of benzene rings is 2. The second-order valence-corrected chi connectivity index (χ2v) is 4.30. The molecule has 4 heteroatoms. The molecule has 0 fully saturated rings. The van der Waals surface area contributed by atoms with E-state index in [1.807, 2.05) is 19.1 Å². The Kier molecular flexibility index (Phi) is 3.90. The molecule has 0 aliphatic heterocycles. The van der Waals surface area contributed by atoms with E-state index in [9.17, 15) is 18.3 Å². The van der Waals surface area contributed by atoms with E-state index in [4.69, 9.17) is 0 Å². The van der Waals surface area contributed by atoms with Gasteiger partial charge in [-0.1, -0.05) is 31.2 Å². The van der Waals surface area contributed by atoms with Gasteiger partial charge in [-0.2, -0.15) is 0 Å². The molecule has 0 aromatic heterocycles. The van der Waals surface area contributed by atoms with Gasteiger partial charge in [0.15, 0.2) is 17.5 Å². The van der Waals surface area contributed by atoms with Crippen LogP contribution in [0.5, 0.6) is 0 Å². The molecule has 1 N–H and O–H groups in total. The van der Waals surface area contributed by atoms with Crippen molar-refractivity contribution < 1.29 is 18.3 Å². The summed E-state index contributed by atoms with van der Waals surface area (Å²) in [6, 6.07) is 8.63. The van der Waals surface area contributed by atoms with E-state index in [0.29, 0.717) is 5.56 Å².